The Kier molecular flexibility index (Phi) is 6.89. The molecule has 0 atom stereocenters. The topological polar surface area (TPSA) is 67.9 Å². The van der Waals surface area contributed by atoms with Crippen molar-refractivity contribution < 1.29 is 4.79 Å². The molecule has 0 radical (unpaired) electrons. The number of nitrogens with zero attached hydrogens (tertiary/aromatic N) is 3. The summed E-state index contributed by atoms with van der Waals surface area (Å²) in [4.78, 5) is 14.0. The average molecular weight is 291 g/mol. The molecule has 22 heavy (non-hydrogen) atoms. The molecule has 2 aromatic carbocycles. The quantitative estimate of drug-likeness (QED) is 0.873. The molecule has 1 amide bonds. The van der Waals surface area contributed by atoms with Crippen molar-refractivity contribution in [1.82, 2.24) is 4.90 Å². The van der Waals surface area contributed by atoms with Gasteiger partial charge in [-0.3, -0.25) is 4.79 Å². The van der Waals surface area contributed by atoms with Crippen LogP contribution in [0.3, 0.4) is 0 Å². The van der Waals surface area contributed by atoms with E-state index in [2.05, 4.69) is 0 Å². The predicted octanol–water partition coefficient (Wildman–Crippen LogP) is 2.94. The Labute approximate surface area is 130 Å². The molecule has 0 bridgehead atoms. The third-order valence-corrected chi connectivity index (χ3v) is 3.00. The molecule has 0 aliphatic carbocycles. The van der Waals surface area contributed by atoms with E-state index in [1.54, 1.807) is 19.0 Å². The Morgan fingerprint density at radius 1 is 0.864 bits per heavy atom. The van der Waals surface area contributed by atoms with Crippen molar-refractivity contribution >= 4 is 5.91 Å². The molecule has 2 rings (SSSR count). The zero-order valence-corrected chi connectivity index (χ0v) is 12.6. The molecule has 0 unspecified atom stereocenters. The SMILES string of the molecule is CN(C)C(=O)C(c1ccccc1)c1ccccc1.N#CC#N. The second-order valence-corrected chi connectivity index (χ2v) is 4.71. The van der Waals surface area contributed by atoms with Gasteiger partial charge in [-0.05, 0) is 11.1 Å². The molecule has 4 heteroatoms. The lowest BCUT2D eigenvalue weighted by Crippen LogP contribution is -2.28. The molecule has 0 spiro atoms. The van der Waals surface area contributed by atoms with Gasteiger partial charge in [-0.15, -0.1) is 0 Å². The van der Waals surface area contributed by atoms with Crippen LogP contribution in [0.5, 0.6) is 0 Å². The van der Waals surface area contributed by atoms with Gasteiger partial charge >= 0.3 is 0 Å². The van der Waals surface area contributed by atoms with Crippen LogP contribution in [0.2, 0.25) is 0 Å². The van der Waals surface area contributed by atoms with Crippen molar-refractivity contribution in [3.8, 4) is 12.1 Å². The highest BCUT2D eigenvalue weighted by molar-refractivity contribution is 5.86. The van der Waals surface area contributed by atoms with Crippen molar-refractivity contribution in [2.45, 2.75) is 5.92 Å². The van der Waals surface area contributed by atoms with Crippen LogP contribution in [-0.2, 0) is 4.79 Å². The molecule has 0 N–H and O–H groups in total. The lowest BCUT2D eigenvalue weighted by molar-refractivity contribution is -0.129. The number of likely N-dealkylation sites (N-methyl/N-ethyl adjacent to an activating group) is 1. The van der Waals surface area contributed by atoms with Gasteiger partial charge < -0.3 is 4.90 Å². The van der Waals surface area contributed by atoms with Crippen LogP contribution in [-0.4, -0.2) is 24.9 Å². The number of benzene rings is 2. The third kappa shape index (κ3) is 4.77. The summed E-state index contributed by atoms with van der Waals surface area (Å²) in [6, 6.07) is 22.3. The van der Waals surface area contributed by atoms with E-state index in [-0.39, 0.29) is 11.8 Å². The van der Waals surface area contributed by atoms with Gasteiger partial charge in [0.15, 0.2) is 12.1 Å². The largest absolute Gasteiger partial charge is 0.348 e. The first-order valence-corrected chi connectivity index (χ1v) is 6.71. The lowest BCUT2D eigenvalue weighted by atomic mass is 9.90. The summed E-state index contributed by atoms with van der Waals surface area (Å²) < 4.78 is 0. The highest BCUT2D eigenvalue weighted by Gasteiger charge is 2.23. The lowest BCUT2D eigenvalue weighted by Gasteiger charge is -2.21. The average Bonchev–Trinajstić information content (AvgIpc) is 2.57. The maximum Gasteiger partial charge on any atom is 0.234 e. The van der Waals surface area contributed by atoms with E-state index in [1.807, 2.05) is 60.7 Å². The zero-order chi connectivity index (χ0) is 16.4. The van der Waals surface area contributed by atoms with Crippen LogP contribution in [0.4, 0.5) is 0 Å². The number of rotatable bonds is 3. The van der Waals surface area contributed by atoms with Gasteiger partial charge in [0.2, 0.25) is 5.91 Å². The van der Waals surface area contributed by atoms with Crippen LogP contribution in [0, 0.1) is 22.7 Å². The van der Waals surface area contributed by atoms with Gasteiger partial charge in [-0.1, -0.05) is 60.7 Å². The molecule has 0 heterocycles. The molecule has 0 fully saturated rings. The number of hydrogen-bond acceptors (Lipinski definition) is 3. The summed E-state index contributed by atoms with van der Waals surface area (Å²) in [5, 5.41) is 14.5. The van der Waals surface area contributed by atoms with E-state index in [0.717, 1.165) is 11.1 Å². The summed E-state index contributed by atoms with van der Waals surface area (Å²) >= 11 is 0. The number of hydrogen-bond donors (Lipinski definition) is 0. The van der Waals surface area contributed by atoms with Crippen LogP contribution in [0.15, 0.2) is 60.7 Å². The molecule has 0 aliphatic rings. The minimum absolute atomic E-state index is 0.104. The molecular weight excluding hydrogens is 274 g/mol. The van der Waals surface area contributed by atoms with Gasteiger partial charge in [0.25, 0.3) is 0 Å². The number of carbonyl (C=O) groups is 1. The van der Waals surface area contributed by atoms with E-state index in [9.17, 15) is 4.79 Å². The van der Waals surface area contributed by atoms with Crippen molar-refractivity contribution in [2.24, 2.45) is 0 Å². The normalized spacial score (nSPS) is 8.95. The highest BCUT2D eigenvalue weighted by atomic mass is 16.2. The number of carbonyl (C=O) groups excluding carboxylic acids is 1. The molecule has 0 aliphatic heterocycles. The summed E-state index contributed by atoms with van der Waals surface area (Å²) in [5.41, 5.74) is 2.06. The Balaban J connectivity index is 0.000000541. The standard InChI is InChI=1S/C16H17NO.C2N2/c1-17(2)16(18)15(13-9-5-3-6-10-13)14-11-7-4-8-12-14;3-1-2-4/h3-12,15H,1-2H3;. The second kappa shape index (κ2) is 8.94. The van der Waals surface area contributed by atoms with E-state index in [1.165, 1.54) is 12.1 Å². The van der Waals surface area contributed by atoms with Crippen LogP contribution >= 0.6 is 0 Å². The van der Waals surface area contributed by atoms with Gasteiger partial charge in [-0.2, -0.15) is 10.5 Å². The second-order valence-electron chi connectivity index (χ2n) is 4.71. The van der Waals surface area contributed by atoms with Crippen LogP contribution < -0.4 is 0 Å². The Bertz CT molecular complexity index is 615. The molecule has 4 nitrogen and oxygen atoms in total. The molecule has 0 saturated carbocycles. The maximum atomic E-state index is 12.4. The minimum atomic E-state index is -0.220. The van der Waals surface area contributed by atoms with E-state index in [4.69, 9.17) is 10.5 Å². The highest BCUT2D eigenvalue weighted by Crippen LogP contribution is 2.25. The monoisotopic (exact) mass is 291 g/mol. The first-order valence-electron chi connectivity index (χ1n) is 6.71. The Hall–Kier alpha value is -3.11. The predicted molar refractivity (Wildman–Crippen MR) is 84.6 cm³/mol. The Morgan fingerprint density at radius 2 is 1.23 bits per heavy atom. The summed E-state index contributed by atoms with van der Waals surface area (Å²) in [7, 11) is 3.59. The van der Waals surface area contributed by atoms with Crippen LogP contribution in [0.1, 0.15) is 17.0 Å². The third-order valence-electron chi connectivity index (χ3n) is 3.00. The fourth-order valence-electron chi connectivity index (χ4n) is 2.03. The van der Waals surface area contributed by atoms with Gasteiger partial charge in [0, 0.05) is 14.1 Å². The Morgan fingerprint density at radius 3 is 1.50 bits per heavy atom. The molecule has 0 saturated heterocycles. The van der Waals surface area contributed by atoms with E-state index in [0.29, 0.717) is 0 Å². The number of nitriles is 2. The molecular formula is C18H17N3O. The molecule has 110 valence electrons. The van der Waals surface area contributed by atoms with Crippen molar-refractivity contribution in [2.75, 3.05) is 14.1 Å². The van der Waals surface area contributed by atoms with Gasteiger partial charge in [-0.25, -0.2) is 0 Å². The summed E-state index contributed by atoms with van der Waals surface area (Å²) in [6.07, 6.45) is 0. The summed E-state index contributed by atoms with van der Waals surface area (Å²) in [6.45, 7) is 0. The first-order chi connectivity index (χ1) is 10.6. The molecule has 0 aromatic heterocycles. The van der Waals surface area contributed by atoms with E-state index >= 15 is 0 Å². The summed E-state index contributed by atoms with van der Waals surface area (Å²) in [5.74, 6) is -0.116. The fourth-order valence-corrected chi connectivity index (χ4v) is 2.03. The zero-order valence-electron chi connectivity index (χ0n) is 12.6. The maximum absolute atomic E-state index is 12.4. The number of amides is 1. The van der Waals surface area contributed by atoms with E-state index < -0.39 is 0 Å². The van der Waals surface area contributed by atoms with Crippen molar-refractivity contribution in [3.63, 3.8) is 0 Å². The fraction of sp³-hybridized carbons (Fsp3) is 0.167. The van der Waals surface area contributed by atoms with Gasteiger partial charge in [0.05, 0.1) is 5.92 Å². The van der Waals surface area contributed by atoms with Crippen LogP contribution in [0.25, 0.3) is 0 Å². The van der Waals surface area contributed by atoms with Crippen molar-refractivity contribution in [3.05, 3.63) is 71.8 Å². The van der Waals surface area contributed by atoms with Crippen molar-refractivity contribution in [1.29, 1.82) is 10.5 Å². The smallest absolute Gasteiger partial charge is 0.234 e. The first kappa shape index (κ1) is 16.9. The minimum Gasteiger partial charge on any atom is -0.348 e. The van der Waals surface area contributed by atoms with Gasteiger partial charge in [0.1, 0.15) is 0 Å². The molecule has 2 aromatic rings.